The topological polar surface area (TPSA) is 90.0 Å². The number of hydrogen-bond acceptors (Lipinski definition) is 4. The van der Waals surface area contributed by atoms with Crippen LogP contribution in [0.15, 0.2) is 67.0 Å². The molecule has 0 radical (unpaired) electrons. The van der Waals surface area contributed by atoms with Gasteiger partial charge in [-0.1, -0.05) is 12.1 Å². The highest BCUT2D eigenvalue weighted by molar-refractivity contribution is 7.99. The third-order valence-corrected chi connectivity index (χ3v) is 4.66. The summed E-state index contributed by atoms with van der Waals surface area (Å²) in [6.07, 6.45) is 3.63. The second-order valence-corrected chi connectivity index (χ2v) is 6.59. The predicted octanol–water partition coefficient (Wildman–Crippen LogP) is 2.84. The summed E-state index contributed by atoms with van der Waals surface area (Å²) >= 11 is 1.54. The number of carbonyl (C=O) groups is 2. The van der Waals surface area contributed by atoms with Gasteiger partial charge >= 0.3 is 0 Å². The van der Waals surface area contributed by atoms with Crippen molar-refractivity contribution in [2.24, 2.45) is 5.73 Å². The van der Waals surface area contributed by atoms with E-state index in [0.717, 1.165) is 17.0 Å². The van der Waals surface area contributed by atoms with Gasteiger partial charge in [-0.05, 0) is 48.0 Å². The maximum absolute atomic E-state index is 12.0. The zero-order chi connectivity index (χ0) is 18.4. The van der Waals surface area contributed by atoms with E-state index in [1.54, 1.807) is 35.1 Å². The Morgan fingerprint density at radius 2 is 1.81 bits per heavy atom. The molecule has 132 valence electrons. The molecule has 2 aromatic carbocycles. The second kappa shape index (κ2) is 8.35. The van der Waals surface area contributed by atoms with E-state index in [9.17, 15) is 9.59 Å². The Bertz CT molecular complexity index is 875. The predicted molar refractivity (Wildman–Crippen MR) is 103 cm³/mol. The average molecular weight is 366 g/mol. The van der Waals surface area contributed by atoms with E-state index in [1.807, 2.05) is 36.5 Å². The molecule has 0 aliphatic heterocycles. The Balaban J connectivity index is 1.45. The molecule has 1 heterocycles. The SMILES string of the molecule is NC(=O)c1ccc(NC(=O)CSCc2ccc(-n3cccn3)cc2)cc1. The molecule has 2 amide bonds. The highest BCUT2D eigenvalue weighted by Crippen LogP contribution is 2.16. The lowest BCUT2D eigenvalue weighted by atomic mass is 10.2. The molecule has 26 heavy (non-hydrogen) atoms. The van der Waals surface area contributed by atoms with Crippen LogP contribution in [0, 0.1) is 0 Å². The summed E-state index contributed by atoms with van der Waals surface area (Å²) in [6.45, 7) is 0. The first kappa shape index (κ1) is 17.8. The van der Waals surface area contributed by atoms with E-state index >= 15 is 0 Å². The molecule has 0 atom stereocenters. The zero-order valence-corrected chi connectivity index (χ0v) is 14.8. The van der Waals surface area contributed by atoms with E-state index in [1.165, 1.54) is 11.8 Å². The summed E-state index contributed by atoms with van der Waals surface area (Å²) in [7, 11) is 0. The number of primary amides is 1. The van der Waals surface area contributed by atoms with Crippen molar-refractivity contribution < 1.29 is 9.59 Å². The van der Waals surface area contributed by atoms with E-state index in [2.05, 4.69) is 10.4 Å². The summed E-state index contributed by atoms with van der Waals surface area (Å²) in [5, 5.41) is 6.99. The van der Waals surface area contributed by atoms with E-state index in [0.29, 0.717) is 17.0 Å². The fourth-order valence-corrected chi connectivity index (χ4v) is 3.13. The number of thioether (sulfide) groups is 1. The van der Waals surface area contributed by atoms with Crippen molar-refractivity contribution in [2.75, 3.05) is 11.1 Å². The standard InChI is InChI=1S/C19H18N4O2S/c20-19(25)15-4-6-16(7-5-15)22-18(24)13-26-12-14-2-8-17(9-3-14)23-11-1-10-21-23/h1-11H,12-13H2,(H2,20,25)(H,22,24). The van der Waals surface area contributed by atoms with Crippen molar-refractivity contribution in [3.05, 3.63) is 78.1 Å². The van der Waals surface area contributed by atoms with Crippen molar-refractivity contribution in [2.45, 2.75) is 5.75 Å². The fraction of sp³-hybridized carbons (Fsp3) is 0.105. The molecule has 0 bridgehead atoms. The van der Waals surface area contributed by atoms with Crippen LogP contribution in [0.5, 0.6) is 0 Å². The molecule has 3 N–H and O–H groups in total. The van der Waals surface area contributed by atoms with Gasteiger partial charge in [0.15, 0.2) is 0 Å². The second-order valence-electron chi connectivity index (χ2n) is 5.60. The van der Waals surface area contributed by atoms with Gasteiger partial charge in [0.2, 0.25) is 11.8 Å². The molecule has 3 aromatic rings. The smallest absolute Gasteiger partial charge is 0.248 e. The van der Waals surface area contributed by atoms with Crippen molar-refractivity contribution in [1.29, 1.82) is 0 Å². The first-order valence-electron chi connectivity index (χ1n) is 7.98. The van der Waals surface area contributed by atoms with Gasteiger partial charge < -0.3 is 11.1 Å². The Morgan fingerprint density at radius 1 is 1.08 bits per heavy atom. The maximum Gasteiger partial charge on any atom is 0.248 e. The van der Waals surface area contributed by atoms with Gasteiger partial charge in [0.05, 0.1) is 11.4 Å². The van der Waals surface area contributed by atoms with Gasteiger partial charge in [-0.15, -0.1) is 11.8 Å². The van der Waals surface area contributed by atoms with Crippen LogP contribution in [-0.4, -0.2) is 27.3 Å². The van der Waals surface area contributed by atoms with Crippen molar-refractivity contribution in [3.8, 4) is 5.69 Å². The van der Waals surface area contributed by atoms with Gasteiger partial charge in [0.1, 0.15) is 0 Å². The van der Waals surface area contributed by atoms with Crippen LogP contribution < -0.4 is 11.1 Å². The largest absolute Gasteiger partial charge is 0.366 e. The third kappa shape index (κ3) is 4.73. The normalized spacial score (nSPS) is 10.5. The van der Waals surface area contributed by atoms with Crippen LogP contribution in [0.4, 0.5) is 5.69 Å². The van der Waals surface area contributed by atoms with Gasteiger partial charge in [0.25, 0.3) is 0 Å². The van der Waals surface area contributed by atoms with Crippen LogP contribution in [0.2, 0.25) is 0 Å². The van der Waals surface area contributed by atoms with Crippen molar-refractivity contribution in [1.82, 2.24) is 9.78 Å². The average Bonchev–Trinajstić information content (AvgIpc) is 3.17. The number of nitrogens with one attached hydrogen (secondary N) is 1. The number of carbonyl (C=O) groups excluding carboxylic acids is 2. The molecule has 0 unspecified atom stereocenters. The lowest BCUT2D eigenvalue weighted by Gasteiger charge is -2.07. The van der Waals surface area contributed by atoms with Gasteiger partial charge in [0, 0.05) is 29.4 Å². The molecule has 0 spiro atoms. The Morgan fingerprint density at radius 3 is 2.42 bits per heavy atom. The highest BCUT2D eigenvalue weighted by atomic mass is 32.2. The molecule has 0 fully saturated rings. The third-order valence-electron chi connectivity index (χ3n) is 3.66. The molecule has 6 nitrogen and oxygen atoms in total. The molecular weight excluding hydrogens is 348 g/mol. The number of hydrogen-bond donors (Lipinski definition) is 2. The van der Waals surface area contributed by atoms with Crippen LogP contribution in [0.1, 0.15) is 15.9 Å². The number of nitrogens with two attached hydrogens (primary N) is 1. The van der Waals surface area contributed by atoms with Crippen molar-refractivity contribution in [3.63, 3.8) is 0 Å². The number of anilines is 1. The van der Waals surface area contributed by atoms with Crippen LogP contribution in [0.25, 0.3) is 5.69 Å². The number of benzene rings is 2. The number of aromatic nitrogens is 2. The molecule has 0 saturated heterocycles. The van der Waals surface area contributed by atoms with E-state index in [-0.39, 0.29) is 5.91 Å². The monoisotopic (exact) mass is 366 g/mol. The summed E-state index contributed by atoms with van der Waals surface area (Å²) in [4.78, 5) is 23.0. The summed E-state index contributed by atoms with van der Waals surface area (Å²) in [5.74, 6) is 0.512. The minimum atomic E-state index is -0.489. The van der Waals surface area contributed by atoms with Crippen LogP contribution in [-0.2, 0) is 10.5 Å². The number of amides is 2. The molecule has 0 saturated carbocycles. The number of nitrogens with zero attached hydrogens (tertiary/aromatic N) is 2. The zero-order valence-electron chi connectivity index (χ0n) is 14.0. The Kier molecular flexibility index (Phi) is 5.70. The highest BCUT2D eigenvalue weighted by Gasteiger charge is 2.05. The molecule has 7 heteroatoms. The van der Waals surface area contributed by atoms with Gasteiger partial charge in [-0.25, -0.2) is 4.68 Å². The van der Waals surface area contributed by atoms with Gasteiger partial charge in [-0.2, -0.15) is 5.10 Å². The minimum absolute atomic E-state index is 0.0880. The first-order chi connectivity index (χ1) is 12.6. The maximum atomic E-state index is 12.0. The molecule has 0 aliphatic carbocycles. The Hall–Kier alpha value is -3.06. The lowest BCUT2D eigenvalue weighted by Crippen LogP contribution is -2.15. The van der Waals surface area contributed by atoms with E-state index < -0.39 is 5.91 Å². The first-order valence-corrected chi connectivity index (χ1v) is 9.14. The summed E-state index contributed by atoms with van der Waals surface area (Å²) in [5.41, 5.74) is 8.39. The van der Waals surface area contributed by atoms with E-state index in [4.69, 9.17) is 5.73 Å². The lowest BCUT2D eigenvalue weighted by molar-refractivity contribution is -0.113. The molecular formula is C19H18N4O2S. The van der Waals surface area contributed by atoms with Gasteiger partial charge in [-0.3, -0.25) is 9.59 Å². The summed E-state index contributed by atoms with van der Waals surface area (Å²) in [6, 6.07) is 16.5. The van der Waals surface area contributed by atoms with Crippen LogP contribution in [0.3, 0.4) is 0 Å². The quantitative estimate of drug-likeness (QED) is 0.673. The molecule has 3 rings (SSSR count). The van der Waals surface area contributed by atoms with Crippen molar-refractivity contribution >= 4 is 29.3 Å². The fourth-order valence-electron chi connectivity index (χ4n) is 2.34. The molecule has 1 aromatic heterocycles. The number of rotatable bonds is 7. The molecule has 0 aliphatic rings. The summed E-state index contributed by atoms with van der Waals surface area (Å²) < 4.78 is 1.80. The minimum Gasteiger partial charge on any atom is -0.366 e. The Labute approximate surface area is 155 Å². The van der Waals surface area contributed by atoms with Crippen LogP contribution >= 0.6 is 11.8 Å².